The van der Waals surface area contributed by atoms with Crippen LogP contribution < -0.4 is 19.5 Å². The molecule has 0 aliphatic heterocycles. The van der Waals surface area contributed by atoms with Crippen LogP contribution in [0.4, 0.5) is 0 Å². The van der Waals surface area contributed by atoms with Crippen LogP contribution in [0.2, 0.25) is 0 Å². The van der Waals surface area contributed by atoms with Gasteiger partial charge in [-0.15, -0.1) is 0 Å². The lowest BCUT2D eigenvalue weighted by Crippen LogP contribution is -2.30. The van der Waals surface area contributed by atoms with Gasteiger partial charge in [-0.2, -0.15) is 11.8 Å². The van der Waals surface area contributed by atoms with Crippen molar-refractivity contribution < 1.29 is 23.4 Å². The van der Waals surface area contributed by atoms with Crippen LogP contribution in [0.3, 0.4) is 0 Å². The third kappa shape index (κ3) is 6.08. The monoisotopic (exact) mass is 351 g/mol. The molecule has 0 saturated heterocycles. The maximum atomic E-state index is 11.8. The third-order valence-electron chi connectivity index (χ3n) is 3.09. The fourth-order valence-corrected chi connectivity index (χ4v) is 2.65. The van der Waals surface area contributed by atoms with Crippen molar-refractivity contribution in [2.24, 2.45) is 0 Å². The van der Waals surface area contributed by atoms with Crippen molar-refractivity contribution in [2.45, 2.75) is 5.75 Å². The van der Waals surface area contributed by atoms with Crippen LogP contribution in [-0.2, 0) is 10.5 Å². The van der Waals surface area contributed by atoms with E-state index in [1.165, 1.54) is 0 Å². The molecule has 0 spiro atoms. The Hall–Kier alpha value is -2.28. The zero-order valence-electron chi connectivity index (χ0n) is 13.7. The molecular formula is C17H21NO5S. The maximum absolute atomic E-state index is 11.8. The Labute approximate surface area is 145 Å². The summed E-state index contributed by atoms with van der Waals surface area (Å²) in [6.45, 7) is 0.522. The zero-order chi connectivity index (χ0) is 17.2. The number of hydrogen-bond acceptors (Lipinski definition) is 6. The van der Waals surface area contributed by atoms with Crippen LogP contribution in [0.1, 0.15) is 5.76 Å². The van der Waals surface area contributed by atoms with Crippen LogP contribution >= 0.6 is 11.8 Å². The fourth-order valence-electron chi connectivity index (χ4n) is 1.89. The summed E-state index contributed by atoms with van der Waals surface area (Å²) in [5.41, 5.74) is 0. The highest BCUT2D eigenvalue weighted by Crippen LogP contribution is 2.27. The molecular weight excluding hydrogens is 330 g/mol. The first-order valence-electron chi connectivity index (χ1n) is 7.44. The van der Waals surface area contributed by atoms with Crippen molar-refractivity contribution in [3.05, 3.63) is 42.4 Å². The summed E-state index contributed by atoms with van der Waals surface area (Å²) in [4.78, 5) is 11.8. The molecule has 6 nitrogen and oxygen atoms in total. The Morgan fingerprint density at radius 3 is 2.50 bits per heavy atom. The first-order valence-corrected chi connectivity index (χ1v) is 8.59. The maximum Gasteiger partial charge on any atom is 0.257 e. The molecule has 1 aromatic carbocycles. The number of ether oxygens (including phenoxy) is 3. The standard InChI is InChI=1S/C17H21NO5S/c1-20-14-8-15(21-2)10-16(9-14)23-11-17(19)18-5-7-24-12-13-4-3-6-22-13/h3-4,6,8-10H,5,7,11-12H2,1-2H3,(H,18,19). The Morgan fingerprint density at radius 2 is 1.88 bits per heavy atom. The minimum Gasteiger partial charge on any atom is -0.496 e. The van der Waals surface area contributed by atoms with Crippen molar-refractivity contribution in [3.8, 4) is 17.2 Å². The van der Waals surface area contributed by atoms with Crippen LogP contribution in [0, 0.1) is 0 Å². The lowest BCUT2D eigenvalue weighted by atomic mass is 10.3. The molecule has 0 bridgehead atoms. The second-order valence-electron chi connectivity index (χ2n) is 4.82. The molecule has 0 atom stereocenters. The van der Waals surface area contributed by atoms with Gasteiger partial charge in [-0.05, 0) is 12.1 Å². The van der Waals surface area contributed by atoms with Gasteiger partial charge in [0, 0.05) is 30.5 Å². The molecule has 24 heavy (non-hydrogen) atoms. The quantitative estimate of drug-likeness (QED) is 0.664. The van der Waals surface area contributed by atoms with Crippen LogP contribution in [0.25, 0.3) is 0 Å². The Kier molecular flexibility index (Phi) is 7.35. The van der Waals surface area contributed by atoms with Crippen molar-refractivity contribution in [3.63, 3.8) is 0 Å². The highest BCUT2D eigenvalue weighted by atomic mass is 32.2. The molecule has 1 aromatic heterocycles. The van der Waals surface area contributed by atoms with Crippen LogP contribution in [0.15, 0.2) is 41.0 Å². The van der Waals surface area contributed by atoms with Crippen molar-refractivity contribution in [1.82, 2.24) is 5.32 Å². The van der Waals surface area contributed by atoms with Gasteiger partial charge in [0.25, 0.3) is 5.91 Å². The van der Waals surface area contributed by atoms with E-state index in [0.717, 1.165) is 17.3 Å². The van der Waals surface area contributed by atoms with E-state index in [1.807, 2.05) is 12.1 Å². The largest absolute Gasteiger partial charge is 0.496 e. The Balaban J connectivity index is 1.65. The molecule has 2 rings (SSSR count). The molecule has 1 heterocycles. The predicted octanol–water partition coefficient (Wildman–Crippen LogP) is 2.73. The SMILES string of the molecule is COc1cc(OC)cc(OCC(=O)NCCSCc2ccco2)c1. The number of hydrogen-bond donors (Lipinski definition) is 1. The number of thioether (sulfide) groups is 1. The van der Waals surface area contributed by atoms with Gasteiger partial charge in [0.1, 0.15) is 23.0 Å². The van der Waals surface area contributed by atoms with Crippen molar-refractivity contribution in [1.29, 1.82) is 0 Å². The smallest absolute Gasteiger partial charge is 0.257 e. The lowest BCUT2D eigenvalue weighted by molar-refractivity contribution is -0.122. The Bertz CT molecular complexity index is 608. The van der Waals surface area contributed by atoms with Gasteiger partial charge < -0.3 is 23.9 Å². The second-order valence-corrected chi connectivity index (χ2v) is 5.92. The van der Waals surface area contributed by atoms with E-state index in [1.54, 1.807) is 50.4 Å². The van der Waals surface area contributed by atoms with Gasteiger partial charge in [-0.1, -0.05) is 0 Å². The van der Waals surface area contributed by atoms with Gasteiger partial charge >= 0.3 is 0 Å². The van der Waals surface area contributed by atoms with Crippen LogP contribution in [0.5, 0.6) is 17.2 Å². The van der Waals surface area contributed by atoms with Gasteiger partial charge in [-0.3, -0.25) is 4.79 Å². The summed E-state index contributed by atoms with van der Waals surface area (Å²) in [5, 5.41) is 2.81. The molecule has 0 fully saturated rings. The van der Waals surface area contributed by atoms with E-state index < -0.39 is 0 Å². The number of furan rings is 1. The highest BCUT2D eigenvalue weighted by molar-refractivity contribution is 7.98. The second kappa shape index (κ2) is 9.77. The number of amides is 1. The molecule has 0 aliphatic carbocycles. The molecule has 0 radical (unpaired) electrons. The van der Waals surface area contributed by atoms with Crippen molar-refractivity contribution >= 4 is 17.7 Å². The average Bonchev–Trinajstić information content (AvgIpc) is 3.12. The third-order valence-corrected chi connectivity index (χ3v) is 4.07. The molecule has 0 saturated carbocycles. The highest BCUT2D eigenvalue weighted by Gasteiger charge is 2.06. The zero-order valence-corrected chi connectivity index (χ0v) is 14.6. The fraction of sp³-hybridized carbons (Fsp3) is 0.353. The summed E-state index contributed by atoms with van der Waals surface area (Å²) in [6, 6.07) is 8.94. The number of benzene rings is 1. The molecule has 0 unspecified atom stereocenters. The van der Waals surface area contributed by atoms with E-state index in [4.69, 9.17) is 18.6 Å². The van der Waals surface area contributed by atoms with Gasteiger partial charge in [0.05, 0.1) is 26.2 Å². The van der Waals surface area contributed by atoms with Gasteiger partial charge in [0.2, 0.25) is 0 Å². The first kappa shape index (κ1) is 18.1. The topological polar surface area (TPSA) is 69.9 Å². The summed E-state index contributed by atoms with van der Waals surface area (Å²) in [6.07, 6.45) is 1.66. The van der Waals surface area contributed by atoms with E-state index in [-0.39, 0.29) is 12.5 Å². The predicted molar refractivity (Wildman–Crippen MR) is 92.9 cm³/mol. The molecule has 1 amide bonds. The minimum atomic E-state index is -0.171. The normalized spacial score (nSPS) is 10.2. The lowest BCUT2D eigenvalue weighted by Gasteiger charge is -2.10. The van der Waals surface area contributed by atoms with Crippen molar-refractivity contribution in [2.75, 3.05) is 33.1 Å². The number of carbonyl (C=O) groups excluding carboxylic acids is 1. The summed E-state index contributed by atoms with van der Waals surface area (Å²) in [7, 11) is 3.12. The first-order chi connectivity index (χ1) is 11.7. The number of rotatable bonds is 10. The van der Waals surface area contributed by atoms with Crippen LogP contribution in [-0.4, -0.2) is 39.0 Å². The Morgan fingerprint density at radius 1 is 1.17 bits per heavy atom. The molecule has 130 valence electrons. The molecule has 7 heteroatoms. The average molecular weight is 351 g/mol. The van der Waals surface area contributed by atoms with E-state index >= 15 is 0 Å². The molecule has 1 N–H and O–H groups in total. The summed E-state index contributed by atoms with van der Waals surface area (Å²) < 4.78 is 21.0. The summed E-state index contributed by atoms with van der Waals surface area (Å²) >= 11 is 1.69. The van der Waals surface area contributed by atoms with E-state index in [9.17, 15) is 4.79 Å². The van der Waals surface area contributed by atoms with E-state index in [2.05, 4.69) is 5.32 Å². The van der Waals surface area contributed by atoms with Gasteiger partial charge in [-0.25, -0.2) is 0 Å². The summed E-state index contributed by atoms with van der Waals surface area (Å²) in [5.74, 6) is 4.10. The minimum absolute atomic E-state index is 0.0564. The number of methoxy groups -OCH3 is 2. The molecule has 2 aromatic rings. The molecule has 0 aliphatic rings. The number of nitrogens with one attached hydrogen (secondary N) is 1. The van der Waals surface area contributed by atoms with E-state index in [0.29, 0.717) is 23.8 Å². The number of carbonyl (C=O) groups is 1. The van der Waals surface area contributed by atoms with Gasteiger partial charge in [0.15, 0.2) is 6.61 Å².